The number of hydrogen-bond donors (Lipinski definition) is 0. The minimum atomic E-state index is 0.495. The van der Waals surface area contributed by atoms with Gasteiger partial charge in [0.2, 0.25) is 0 Å². The molecule has 0 N–H and O–H groups in total. The molecule has 3 nitrogen and oxygen atoms in total. The Bertz CT molecular complexity index is 362. The second-order valence-electron chi connectivity index (χ2n) is 5.50. The van der Waals surface area contributed by atoms with Crippen molar-refractivity contribution in [2.24, 2.45) is 5.18 Å². The van der Waals surface area contributed by atoms with Crippen LogP contribution < -0.4 is 4.90 Å². The zero-order valence-electron chi connectivity index (χ0n) is 13.0. The Morgan fingerprint density at radius 3 is 2.00 bits per heavy atom. The molecule has 0 heterocycles. The number of benzene rings is 1. The number of unbranched alkanes of at least 4 members (excludes halogenated alkanes) is 7. The molecule has 1 aromatic carbocycles. The number of hydrogen-bond acceptors (Lipinski definition) is 3. The summed E-state index contributed by atoms with van der Waals surface area (Å²) >= 11 is 0. The van der Waals surface area contributed by atoms with Crippen LogP contribution in [-0.2, 0) is 0 Å². The Balaban J connectivity index is 2.10. The Morgan fingerprint density at radius 2 is 1.45 bits per heavy atom. The number of nitroso groups, excluding NO2 is 1. The molecule has 0 amide bonds. The van der Waals surface area contributed by atoms with Gasteiger partial charge in [-0.15, -0.1) is 4.91 Å². The average Bonchev–Trinajstić information content (AvgIpc) is 2.50. The molecule has 0 spiro atoms. The molecule has 3 heteroatoms. The largest absolute Gasteiger partial charge is 0.375 e. The lowest BCUT2D eigenvalue weighted by Gasteiger charge is -2.19. The van der Waals surface area contributed by atoms with E-state index in [1.807, 2.05) is 12.1 Å². The molecule has 0 unspecified atom stereocenters. The Labute approximate surface area is 123 Å². The quantitative estimate of drug-likeness (QED) is 0.386. The van der Waals surface area contributed by atoms with Crippen LogP contribution in [0.5, 0.6) is 0 Å². The van der Waals surface area contributed by atoms with E-state index in [1.165, 1.54) is 51.4 Å². The van der Waals surface area contributed by atoms with Crippen molar-refractivity contribution in [3.05, 3.63) is 29.2 Å². The highest BCUT2D eigenvalue weighted by molar-refractivity contribution is 5.52. The van der Waals surface area contributed by atoms with Crippen LogP contribution in [0.4, 0.5) is 11.4 Å². The third-order valence-corrected chi connectivity index (χ3v) is 3.74. The number of anilines is 1. The van der Waals surface area contributed by atoms with Crippen molar-refractivity contribution in [2.45, 2.75) is 58.3 Å². The highest BCUT2D eigenvalue weighted by Crippen LogP contribution is 2.19. The molecule has 0 bridgehead atoms. The summed E-state index contributed by atoms with van der Waals surface area (Å²) in [5.74, 6) is 0. The van der Waals surface area contributed by atoms with Crippen LogP contribution in [0, 0.1) is 4.91 Å². The summed E-state index contributed by atoms with van der Waals surface area (Å²) in [6.07, 6.45) is 10.8. The fraction of sp³-hybridized carbons (Fsp3) is 0.647. The number of nitrogens with zero attached hydrogens (tertiary/aromatic N) is 2. The van der Waals surface area contributed by atoms with Gasteiger partial charge < -0.3 is 4.90 Å². The Hall–Kier alpha value is -1.38. The van der Waals surface area contributed by atoms with E-state index >= 15 is 0 Å². The first kappa shape index (κ1) is 16.7. The fourth-order valence-electron chi connectivity index (χ4n) is 2.38. The standard InChI is InChI=1S/C17H28N2O/c1-3-4-5-6-7-8-9-10-15-19(2)17-13-11-16(18-20)12-14-17/h11-14H,3-10,15H2,1-2H3. The minimum Gasteiger partial charge on any atom is -0.375 e. The van der Waals surface area contributed by atoms with Gasteiger partial charge in [0.05, 0.1) is 0 Å². The van der Waals surface area contributed by atoms with E-state index in [0.29, 0.717) is 5.69 Å². The van der Waals surface area contributed by atoms with Gasteiger partial charge in [-0.05, 0) is 35.9 Å². The van der Waals surface area contributed by atoms with Gasteiger partial charge in [0, 0.05) is 19.3 Å². The fourth-order valence-corrected chi connectivity index (χ4v) is 2.38. The molecule has 0 saturated carbocycles. The third-order valence-electron chi connectivity index (χ3n) is 3.74. The van der Waals surface area contributed by atoms with Crippen molar-refractivity contribution >= 4 is 11.4 Å². The SMILES string of the molecule is CCCCCCCCCCN(C)c1ccc(N=O)cc1. The van der Waals surface area contributed by atoms with E-state index in [1.54, 1.807) is 12.1 Å². The van der Waals surface area contributed by atoms with Crippen LogP contribution in [0.1, 0.15) is 58.3 Å². The highest BCUT2D eigenvalue weighted by atomic mass is 16.3. The zero-order chi connectivity index (χ0) is 14.6. The van der Waals surface area contributed by atoms with Crippen molar-refractivity contribution in [3.8, 4) is 0 Å². The van der Waals surface area contributed by atoms with E-state index in [0.717, 1.165) is 12.2 Å². The molecule has 0 saturated heterocycles. The molecule has 0 atom stereocenters. The molecule has 20 heavy (non-hydrogen) atoms. The van der Waals surface area contributed by atoms with Gasteiger partial charge in [0.1, 0.15) is 5.69 Å². The predicted molar refractivity (Wildman–Crippen MR) is 87.8 cm³/mol. The van der Waals surface area contributed by atoms with Gasteiger partial charge in [-0.1, -0.05) is 51.9 Å². The Kier molecular flexibility index (Phi) is 8.68. The van der Waals surface area contributed by atoms with E-state index in [9.17, 15) is 4.91 Å². The van der Waals surface area contributed by atoms with E-state index < -0.39 is 0 Å². The molecule has 1 rings (SSSR count). The maximum absolute atomic E-state index is 10.4. The van der Waals surface area contributed by atoms with E-state index in [2.05, 4.69) is 24.0 Å². The van der Waals surface area contributed by atoms with Crippen LogP contribution in [0.2, 0.25) is 0 Å². The van der Waals surface area contributed by atoms with Gasteiger partial charge in [-0.2, -0.15) is 0 Å². The smallest absolute Gasteiger partial charge is 0.108 e. The highest BCUT2D eigenvalue weighted by Gasteiger charge is 2.01. The summed E-state index contributed by atoms with van der Waals surface area (Å²) in [6, 6.07) is 7.46. The summed E-state index contributed by atoms with van der Waals surface area (Å²) in [6.45, 7) is 3.33. The molecule has 0 fully saturated rings. The lowest BCUT2D eigenvalue weighted by Crippen LogP contribution is -2.18. The third kappa shape index (κ3) is 6.69. The normalized spacial score (nSPS) is 10.5. The molecule has 0 aliphatic carbocycles. The lowest BCUT2D eigenvalue weighted by atomic mass is 10.1. The lowest BCUT2D eigenvalue weighted by molar-refractivity contribution is 0.575. The molecule has 0 aliphatic rings. The molecule has 1 aromatic rings. The molecule has 0 radical (unpaired) electrons. The average molecular weight is 276 g/mol. The summed E-state index contributed by atoms with van der Waals surface area (Å²) < 4.78 is 0. The van der Waals surface area contributed by atoms with Crippen molar-refractivity contribution in [1.29, 1.82) is 0 Å². The van der Waals surface area contributed by atoms with Gasteiger partial charge in [-0.25, -0.2) is 0 Å². The monoisotopic (exact) mass is 276 g/mol. The maximum atomic E-state index is 10.4. The zero-order valence-corrected chi connectivity index (χ0v) is 13.0. The first-order valence-corrected chi connectivity index (χ1v) is 7.92. The topological polar surface area (TPSA) is 32.7 Å². The summed E-state index contributed by atoms with van der Waals surface area (Å²) in [4.78, 5) is 12.6. The second kappa shape index (κ2) is 10.4. The van der Waals surface area contributed by atoms with E-state index in [-0.39, 0.29) is 0 Å². The summed E-state index contributed by atoms with van der Waals surface area (Å²) in [5, 5.41) is 2.92. The molecular formula is C17H28N2O. The van der Waals surface area contributed by atoms with E-state index in [4.69, 9.17) is 0 Å². The van der Waals surface area contributed by atoms with Crippen LogP contribution >= 0.6 is 0 Å². The molecule has 0 aromatic heterocycles. The van der Waals surface area contributed by atoms with Crippen molar-refractivity contribution < 1.29 is 0 Å². The molecule has 0 aliphatic heterocycles. The first-order valence-electron chi connectivity index (χ1n) is 7.92. The van der Waals surface area contributed by atoms with Gasteiger partial charge in [0.25, 0.3) is 0 Å². The van der Waals surface area contributed by atoms with Crippen LogP contribution in [-0.4, -0.2) is 13.6 Å². The van der Waals surface area contributed by atoms with Crippen LogP contribution in [0.25, 0.3) is 0 Å². The second-order valence-corrected chi connectivity index (χ2v) is 5.50. The minimum absolute atomic E-state index is 0.495. The van der Waals surface area contributed by atoms with Crippen LogP contribution in [0.3, 0.4) is 0 Å². The summed E-state index contributed by atoms with van der Waals surface area (Å²) in [7, 11) is 2.10. The van der Waals surface area contributed by atoms with Gasteiger partial charge in [-0.3, -0.25) is 0 Å². The van der Waals surface area contributed by atoms with Gasteiger partial charge in [0.15, 0.2) is 0 Å². The summed E-state index contributed by atoms with van der Waals surface area (Å²) in [5.41, 5.74) is 1.65. The molecular weight excluding hydrogens is 248 g/mol. The predicted octanol–water partition coefficient (Wildman–Crippen LogP) is 5.66. The van der Waals surface area contributed by atoms with Crippen molar-refractivity contribution in [1.82, 2.24) is 0 Å². The Morgan fingerprint density at radius 1 is 0.900 bits per heavy atom. The molecule has 112 valence electrons. The van der Waals surface area contributed by atoms with Gasteiger partial charge >= 0.3 is 0 Å². The van der Waals surface area contributed by atoms with Crippen molar-refractivity contribution in [2.75, 3.05) is 18.5 Å². The van der Waals surface area contributed by atoms with Crippen LogP contribution in [0.15, 0.2) is 29.4 Å². The van der Waals surface area contributed by atoms with Crippen molar-refractivity contribution in [3.63, 3.8) is 0 Å². The first-order chi connectivity index (χ1) is 9.77. The maximum Gasteiger partial charge on any atom is 0.108 e. The number of rotatable bonds is 11.